The van der Waals surface area contributed by atoms with Gasteiger partial charge in [-0.25, -0.2) is 4.79 Å². The molecule has 36 heavy (non-hydrogen) atoms. The summed E-state index contributed by atoms with van der Waals surface area (Å²) < 4.78 is 35.4. The third kappa shape index (κ3) is 6.56. The van der Waals surface area contributed by atoms with Crippen LogP contribution < -0.4 is 9.50 Å². The molecule has 184 valence electrons. The third-order valence-electron chi connectivity index (χ3n) is 4.56. The Morgan fingerprint density at radius 1 is 0.972 bits per heavy atom. The fraction of sp³-hybridized carbons (Fsp3) is 0.0417. The number of esters is 1. The Labute approximate surface area is 221 Å². The van der Waals surface area contributed by atoms with Crippen LogP contribution in [0.3, 0.4) is 0 Å². The van der Waals surface area contributed by atoms with E-state index in [-0.39, 0.29) is 31.8 Å². The first-order chi connectivity index (χ1) is 17.0. The number of ether oxygens (including phenoxy) is 1. The van der Waals surface area contributed by atoms with Crippen LogP contribution >= 0.6 is 34.8 Å². The highest BCUT2D eigenvalue weighted by Gasteiger charge is 2.22. The molecule has 8 nitrogen and oxygen atoms in total. The number of nitriles is 1. The van der Waals surface area contributed by atoms with E-state index in [0.29, 0.717) is 10.7 Å². The molecule has 1 N–H and O–H groups in total. The van der Waals surface area contributed by atoms with E-state index in [1.165, 1.54) is 67.8 Å². The van der Waals surface area contributed by atoms with Gasteiger partial charge in [0.05, 0.1) is 17.7 Å². The molecule has 0 heterocycles. The monoisotopic (exact) mass is 564 g/mol. The van der Waals surface area contributed by atoms with Crippen LogP contribution in [-0.4, -0.2) is 27.4 Å². The van der Waals surface area contributed by atoms with Gasteiger partial charge in [-0.05, 0) is 66.7 Å². The maximum absolute atomic E-state index is 12.8. The van der Waals surface area contributed by atoms with E-state index in [2.05, 4.69) is 10.1 Å². The lowest BCUT2D eigenvalue weighted by Gasteiger charge is -2.12. The molecule has 0 aliphatic carbocycles. The number of nitrogens with zero attached hydrogens (tertiary/aromatic N) is 1. The van der Waals surface area contributed by atoms with Gasteiger partial charge in [0.2, 0.25) is 0 Å². The summed E-state index contributed by atoms with van der Waals surface area (Å²) in [6.45, 7) is 0. The van der Waals surface area contributed by atoms with E-state index in [1.807, 2.05) is 0 Å². The number of carbonyl (C=O) groups excluding carboxylic acids is 2. The summed E-state index contributed by atoms with van der Waals surface area (Å²) in [5.41, 5.74) is 0.125. The van der Waals surface area contributed by atoms with E-state index in [9.17, 15) is 23.3 Å². The molecule has 0 radical (unpaired) electrons. The van der Waals surface area contributed by atoms with Crippen molar-refractivity contribution in [2.45, 2.75) is 4.90 Å². The summed E-state index contributed by atoms with van der Waals surface area (Å²) in [6.07, 6.45) is 1.09. The average Bonchev–Trinajstić information content (AvgIpc) is 2.84. The molecule has 0 aliphatic rings. The summed E-state index contributed by atoms with van der Waals surface area (Å²) >= 11 is 18.1. The van der Waals surface area contributed by atoms with Crippen LogP contribution in [-0.2, 0) is 19.6 Å². The predicted octanol–water partition coefficient (Wildman–Crippen LogP) is 5.75. The molecular formula is C24H15Cl3N2O6S. The lowest BCUT2D eigenvalue weighted by atomic mass is 10.1. The van der Waals surface area contributed by atoms with Gasteiger partial charge in [-0.1, -0.05) is 34.8 Å². The molecule has 3 rings (SSSR count). The smallest absolute Gasteiger partial charge is 0.339 e. The van der Waals surface area contributed by atoms with Crippen molar-refractivity contribution in [2.24, 2.45) is 0 Å². The molecule has 0 unspecified atom stereocenters. The van der Waals surface area contributed by atoms with Crippen LogP contribution in [0.1, 0.15) is 15.9 Å². The lowest BCUT2D eigenvalue weighted by molar-refractivity contribution is -0.112. The number of carbonyl (C=O) groups is 2. The highest BCUT2D eigenvalue weighted by Crippen LogP contribution is 2.36. The number of methoxy groups -OCH3 is 1. The van der Waals surface area contributed by atoms with E-state index >= 15 is 0 Å². The van der Waals surface area contributed by atoms with Crippen LogP contribution in [0.15, 0.2) is 71.1 Å². The van der Waals surface area contributed by atoms with E-state index < -0.39 is 27.6 Å². The highest BCUT2D eigenvalue weighted by molar-refractivity contribution is 7.87. The first-order valence-corrected chi connectivity index (χ1v) is 12.4. The van der Waals surface area contributed by atoms with Crippen molar-refractivity contribution in [3.63, 3.8) is 0 Å². The largest absolute Gasteiger partial charge is 0.465 e. The standard InChI is InChI=1S/C24H15Cl3N2O6S/c1-34-24(31)14-2-6-19(7-3-14)29-23(30)16(13-28)10-15-11-18(26)12-21(27)22(15)35-36(32,33)20-8-4-17(25)5-9-20/h2-12H,1H3,(H,29,30)/b16-10+. The van der Waals surface area contributed by atoms with Crippen molar-refractivity contribution in [3.8, 4) is 11.8 Å². The quantitative estimate of drug-likeness (QED) is 0.168. The Kier molecular flexibility index (Phi) is 8.61. The van der Waals surface area contributed by atoms with Crippen molar-refractivity contribution < 1.29 is 26.9 Å². The van der Waals surface area contributed by atoms with E-state index in [1.54, 1.807) is 6.07 Å². The Balaban J connectivity index is 1.94. The summed E-state index contributed by atoms with van der Waals surface area (Å²) in [6, 6.07) is 15.3. The number of benzene rings is 3. The summed E-state index contributed by atoms with van der Waals surface area (Å²) in [5.74, 6) is -1.70. The zero-order chi connectivity index (χ0) is 26.5. The number of halogens is 3. The molecular weight excluding hydrogens is 551 g/mol. The molecule has 0 saturated carbocycles. The molecule has 0 bridgehead atoms. The molecule has 1 amide bonds. The Hall–Kier alpha value is -3.55. The predicted molar refractivity (Wildman–Crippen MR) is 136 cm³/mol. The number of anilines is 1. The highest BCUT2D eigenvalue weighted by atomic mass is 35.5. The van der Waals surface area contributed by atoms with Crippen molar-refractivity contribution in [1.82, 2.24) is 0 Å². The van der Waals surface area contributed by atoms with Crippen molar-refractivity contribution in [1.29, 1.82) is 5.26 Å². The topological polar surface area (TPSA) is 123 Å². The molecule has 12 heteroatoms. The molecule has 3 aromatic rings. The maximum atomic E-state index is 12.8. The van der Waals surface area contributed by atoms with Gasteiger partial charge in [-0.2, -0.15) is 13.7 Å². The van der Waals surface area contributed by atoms with Crippen LogP contribution in [0.2, 0.25) is 15.1 Å². The second kappa shape index (κ2) is 11.5. The van der Waals surface area contributed by atoms with Crippen LogP contribution in [0, 0.1) is 11.3 Å². The van der Waals surface area contributed by atoms with Crippen molar-refractivity contribution in [3.05, 3.63) is 92.4 Å². The fourth-order valence-electron chi connectivity index (χ4n) is 2.84. The maximum Gasteiger partial charge on any atom is 0.339 e. The van der Waals surface area contributed by atoms with Gasteiger partial charge < -0.3 is 14.2 Å². The molecule has 0 aromatic heterocycles. The fourth-order valence-corrected chi connectivity index (χ4v) is 4.54. The second-order valence-electron chi connectivity index (χ2n) is 6.99. The van der Waals surface area contributed by atoms with Crippen molar-refractivity contribution >= 4 is 68.6 Å². The minimum atomic E-state index is -4.35. The molecule has 0 saturated heterocycles. The third-order valence-corrected chi connectivity index (χ3v) is 6.55. The van der Waals surface area contributed by atoms with Gasteiger partial charge >= 0.3 is 16.1 Å². The Bertz CT molecular complexity index is 1500. The first-order valence-electron chi connectivity index (χ1n) is 9.84. The molecule has 0 atom stereocenters. The molecule has 3 aromatic carbocycles. The van der Waals surface area contributed by atoms with Gasteiger partial charge in [0.1, 0.15) is 16.5 Å². The van der Waals surface area contributed by atoms with Crippen LogP contribution in [0.4, 0.5) is 5.69 Å². The zero-order valence-electron chi connectivity index (χ0n) is 18.3. The molecule has 0 aliphatic heterocycles. The number of hydrogen-bond donors (Lipinski definition) is 1. The Morgan fingerprint density at radius 3 is 2.19 bits per heavy atom. The summed E-state index contributed by atoms with van der Waals surface area (Å²) in [5, 5.41) is 12.3. The summed E-state index contributed by atoms with van der Waals surface area (Å²) in [7, 11) is -3.11. The normalized spacial score (nSPS) is 11.4. The minimum Gasteiger partial charge on any atom is -0.465 e. The molecule has 0 spiro atoms. The number of nitrogens with one attached hydrogen (secondary N) is 1. The van der Waals surface area contributed by atoms with Crippen LogP contribution in [0.25, 0.3) is 6.08 Å². The van der Waals surface area contributed by atoms with Gasteiger partial charge in [0.15, 0.2) is 5.75 Å². The lowest BCUT2D eigenvalue weighted by Crippen LogP contribution is -2.14. The van der Waals surface area contributed by atoms with E-state index in [0.717, 1.165) is 6.08 Å². The summed E-state index contributed by atoms with van der Waals surface area (Å²) in [4.78, 5) is 24.1. The second-order valence-corrected chi connectivity index (χ2v) is 9.82. The number of rotatable bonds is 7. The van der Waals surface area contributed by atoms with E-state index in [4.69, 9.17) is 39.0 Å². The number of amides is 1. The van der Waals surface area contributed by atoms with Gasteiger partial charge in [0.25, 0.3) is 5.91 Å². The number of hydrogen-bond acceptors (Lipinski definition) is 7. The van der Waals surface area contributed by atoms with Gasteiger partial charge in [-0.15, -0.1) is 0 Å². The first kappa shape index (κ1) is 27.0. The van der Waals surface area contributed by atoms with Gasteiger partial charge in [-0.3, -0.25) is 4.79 Å². The van der Waals surface area contributed by atoms with Crippen molar-refractivity contribution in [2.75, 3.05) is 12.4 Å². The van der Waals surface area contributed by atoms with Gasteiger partial charge in [0, 0.05) is 21.3 Å². The van der Waals surface area contributed by atoms with Crippen LogP contribution in [0.5, 0.6) is 5.75 Å². The molecule has 0 fully saturated rings. The average molecular weight is 566 g/mol. The minimum absolute atomic E-state index is 0.0298. The SMILES string of the molecule is COC(=O)c1ccc(NC(=O)/C(C#N)=C/c2cc(Cl)cc(Cl)c2OS(=O)(=O)c2ccc(Cl)cc2)cc1. The zero-order valence-corrected chi connectivity index (χ0v) is 21.4. The Morgan fingerprint density at radius 2 is 1.61 bits per heavy atom.